The molecule has 0 spiro atoms. The van der Waals surface area contributed by atoms with Crippen molar-refractivity contribution >= 4 is 11.6 Å². The Labute approximate surface area is 104 Å². The molecule has 0 fully saturated rings. The average Bonchev–Trinajstić information content (AvgIpc) is 2.67. The third kappa shape index (κ3) is 2.02. The van der Waals surface area contributed by atoms with Crippen molar-refractivity contribution in [2.45, 2.75) is 19.8 Å². The molecule has 0 saturated carbocycles. The molecule has 0 aliphatic heterocycles. The van der Waals surface area contributed by atoms with Crippen molar-refractivity contribution in [2.24, 2.45) is 0 Å². The minimum atomic E-state index is 0.145. The highest BCUT2D eigenvalue weighted by molar-refractivity contribution is 6.31. The van der Waals surface area contributed by atoms with Gasteiger partial charge in [-0.25, -0.2) is 9.67 Å². The molecule has 0 aliphatic carbocycles. The summed E-state index contributed by atoms with van der Waals surface area (Å²) in [4.78, 5) is 4.16. The maximum Gasteiger partial charge on any atom is 0.155 e. The molecule has 0 atom stereocenters. The van der Waals surface area contributed by atoms with Crippen molar-refractivity contribution in [1.29, 1.82) is 5.26 Å². The van der Waals surface area contributed by atoms with E-state index in [0.717, 1.165) is 0 Å². The fourth-order valence-electron chi connectivity index (χ4n) is 1.55. The van der Waals surface area contributed by atoms with Crippen molar-refractivity contribution < 1.29 is 0 Å². The van der Waals surface area contributed by atoms with Crippen LogP contribution >= 0.6 is 11.6 Å². The fourth-order valence-corrected chi connectivity index (χ4v) is 1.82. The lowest BCUT2D eigenvalue weighted by Crippen LogP contribution is -2.00. The van der Waals surface area contributed by atoms with Crippen LogP contribution in [0.5, 0.6) is 0 Å². The van der Waals surface area contributed by atoms with Crippen LogP contribution in [0.25, 0.3) is 5.82 Å². The van der Waals surface area contributed by atoms with Crippen molar-refractivity contribution in [3.63, 3.8) is 0 Å². The van der Waals surface area contributed by atoms with Crippen LogP contribution in [0, 0.1) is 11.3 Å². The first kappa shape index (κ1) is 11.6. The predicted molar refractivity (Wildman–Crippen MR) is 65.2 cm³/mol. The van der Waals surface area contributed by atoms with Crippen LogP contribution in [-0.4, -0.2) is 14.8 Å². The third-order valence-corrected chi connectivity index (χ3v) is 2.73. The maximum absolute atomic E-state index is 9.10. The van der Waals surface area contributed by atoms with Crippen molar-refractivity contribution in [3.05, 3.63) is 40.8 Å². The van der Waals surface area contributed by atoms with E-state index in [1.807, 2.05) is 26.0 Å². The van der Waals surface area contributed by atoms with E-state index in [9.17, 15) is 0 Å². The van der Waals surface area contributed by atoms with Gasteiger partial charge in [0.25, 0.3) is 0 Å². The normalized spacial score (nSPS) is 10.5. The van der Waals surface area contributed by atoms with Crippen LogP contribution in [0.3, 0.4) is 0 Å². The first-order chi connectivity index (χ1) is 8.15. The molecular weight excluding hydrogens is 236 g/mol. The lowest BCUT2D eigenvalue weighted by atomic mass is 10.1. The Morgan fingerprint density at radius 1 is 1.41 bits per heavy atom. The summed E-state index contributed by atoms with van der Waals surface area (Å²) in [7, 11) is 0. The minimum Gasteiger partial charge on any atom is -0.237 e. The second-order valence-corrected chi connectivity index (χ2v) is 4.28. The number of halogens is 1. The Morgan fingerprint density at radius 3 is 2.65 bits per heavy atom. The smallest absolute Gasteiger partial charge is 0.155 e. The summed E-state index contributed by atoms with van der Waals surface area (Å²) in [5, 5.41) is 13.8. The summed E-state index contributed by atoms with van der Waals surface area (Å²) in [6.45, 7) is 3.95. The topological polar surface area (TPSA) is 54.5 Å². The number of hydrogen-bond donors (Lipinski definition) is 0. The molecule has 5 heteroatoms. The third-order valence-electron chi connectivity index (χ3n) is 2.38. The molecule has 0 aliphatic rings. The summed E-state index contributed by atoms with van der Waals surface area (Å²) in [6.07, 6.45) is 1.66. The highest BCUT2D eigenvalue weighted by Crippen LogP contribution is 2.26. The molecule has 0 N–H and O–H groups in total. The molecule has 0 bridgehead atoms. The molecule has 2 rings (SSSR count). The first-order valence-electron chi connectivity index (χ1n) is 5.25. The Hall–Kier alpha value is -1.86. The highest BCUT2D eigenvalue weighted by Gasteiger charge is 2.19. The van der Waals surface area contributed by atoms with Crippen molar-refractivity contribution in [1.82, 2.24) is 14.8 Å². The van der Waals surface area contributed by atoms with Gasteiger partial charge in [0.05, 0.1) is 5.69 Å². The zero-order valence-corrected chi connectivity index (χ0v) is 10.3. The molecule has 0 amide bonds. The average molecular weight is 247 g/mol. The number of aromatic nitrogens is 3. The molecule has 86 valence electrons. The van der Waals surface area contributed by atoms with Crippen molar-refractivity contribution in [2.75, 3.05) is 0 Å². The first-order valence-corrected chi connectivity index (χ1v) is 5.63. The Balaban J connectivity index is 2.62. The van der Waals surface area contributed by atoms with Crippen LogP contribution in [0.4, 0.5) is 0 Å². The largest absolute Gasteiger partial charge is 0.237 e. The molecule has 17 heavy (non-hydrogen) atoms. The monoisotopic (exact) mass is 246 g/mol. The van der Waals surface area contributed by atoms with Gasteiger partial charge in [0, 0.05) is 6.20 Å². The number of rotatable bonds is 2. The number of pyridine rings is 1. The Bertz CT molecular complexity index is 566. The molecule has 4 nitrogen and oxygen atoms in total. The molecule has 0 saturated heterocycles. The molecular formula is C12H11ClN4. The van der Waals surface area contributed by atoms with Crippen LogP contribution in [0.1, 0.15) is 31.0 Å². The van der Waals surface area contributed by atoms with Gasteiger partial charge in [0.2, 0.25) is 0 Å². The van der Waals surface area contributed by atoms with E-state index in [1.54, 1.807) is 12.3 Å². The van der Waals surface area contributed by atoms with Crippen LogP contribution in [0.2, 0.25) is 5.15 Å². The Morgan fingerprint density at radius 2 is 2.18 bits per heavy atom. The van der Waals surface area contributed by atoms with E-state index in [2.05, 4.69) is 16.2 Å². The summed E-state index contributed by atoms with van der Waals surface area (Å²) < 4.78 is 1.50. The standard InChI is InChI=1S/C12H11ClN4/c1-8(2)11-9(7-14)12(13)17(16-11)10-5-3-4-6-15-10/h3-6,8H,1-2H3. The molecule has 0 unspecified atom stereocenters. The van der Waals surface area contributed by atoms with Gasteiger partial charge >= 0.3 is 0 Å². The zero-order chi connectivity index (χ0) is 12.4. The number of hydrogen-bond acceptors (Lipinski definition) is 3. The quantitative estimate of drug-likeness (QED) is 0.819. The van der Waals surface area contributed by atoms with Crippen LogP contribution < -0.4 is 0 Å². The van der Waals surface area contributed by atoms with Gasteiger partial charge in [-0.1, -0.05) is 31.5 Å². The molecule has 2 aromatic heterocycles. The molecule has 2 heterocycles. The lowest BCUT2D eigenvalue weighted by molar-refractivity contribution is 0.757. The van der Waals surface area contributed by atoms with Crippen LogP contribution in [0.15, 0.2) is 24.4 Å². The molecule has 0 radical (unpaired) electrons. The van der Waals surface area contributed by atoms with E-state index in [4.69, 9.17) is 16.9 Å². The van der Waals surface area contributed by atoms with Gasteiger partial charge in [0.15, 0.2) is 11.0 Å². The van der Waals surface area contributed by atoms with Gasteiger partial charge in [-0.05, 0) is 18.1 Å². The summed E-state index contributed by atoms with van der Waals surface area (Å²) in [5.74, 6) is 0.757. The number of nitrogens with zero attached hydrogens (tertiary/aromatic N) is 4. The second-order valence-electron chi connectivity index (χ2n) is 3.92. The predicted octanol–water partition coefficient (Wildman–Crippen LogP) is 2.92. The maximum atomic E-state index is 9.10. The van der Waals surface area contributed by atoms with E-state index in [-0.39, 0.29) is 5.92 Å². The van der Waals surface area contributed by atoms with Gasteiger partial charge in [-0.3, -0.25) is 0 Å². The minimum absolute atomic E-state index is 0.145. The summed E-state index contributed by atoms with van der Waals surface area (Å²) >= 11 is 6.15. The highest BCUT2D eigenvalue weighted by atomic mass is 35.5. The molecule has 2 aromatic rings. The summed E-state index contributed by atoms with van der Waals surface area (Å²) in [6, 6.07) is 7.55. The van der Waals surface area contributed by atoms with E-state index >= 15 is 0 Å². The zero-order valence-electron chi connectivity index (χ0n) is 9.55. The van der Waals surface area contributed by atoms with Crippen LogP contribution in [-0.2, 0) is 0 Å². The van der Waals surface area contributed by atoms with Gasteiger partial charge < -0.3 is 0 Å². The van der Waals surface area contributed by atoms with Gasteiger partial charge in [-0.15, -0.1) is 0 Å². The fraction of sp³-hybridized carbons (Fsp3) is 0.250. The second kappa shape index (κ2) is 4.56. The van der Waals surface area contributed by atoms with Crippen molar-refractivity contribution in [3.8, 4) is 11.9 Å². The molecule has 0 aromatic carbocycles. The van der Waals surface area contributed by atoms with Gasteiger partial charge in [-0.2, -0.15) is 10.4 Å². The Kier molecular flexibility index (Phi) is 3.12. The SMILES string of the molecule is CC(C)c1nn(-c2ccccn2)c(Cl)c1C#N. The van der Waals surface area contributed by atoms with E-state index in [1.165, 1.54) is 4.68 Å². The summed E-state index contributed by atoms with van der Waals surface area (Å²) in [5.41, 5.74) is 1.12. The van der Waals surface area contributed by atoms with E-state index < -0.39 is 0 Å². The van der Waals surface area contributed by atoms with E-state index in [0.29, 0.717) is 22.2 Å². The number of nitriles is 1. The van der Waals surface area contributed by atoms with Gasteiger partial charge in [0.1, 0.15) is 11.6 Å². The lowest BCUT2D eigenvalue weighted by Gasteiger charge is -2.00.